The van der Waals surface area contributed by atoms with Gasteiger partial charge in [0, 0.05) is 33.8 Å². The van der Waals surface area contributed by atoms with E-state index >= 15 is 0 Å². The van der Waals surface area contributed by atoms with Crippen molar-refractivity contribution in [3.8, 4) is 5.75 Å². The maximum absolute atomic E-state index is 13.2. The van der Waals surface area contributed by atoms with Crippen molar-refractivity contribution in [3.63, 3.8) is 0 Å². The van der Waals surface area contributed by atoms with Crippen molar-refractivity contribution in [1.29, 1.82) is 0 Å². The lowest BCUT2D eigenvalue weighted by Gasteiger charge is -2.34. The molecular weight excluding hydrogens is 458 g/mol. The predicted octanol–water partition coefficient (Wildman–Crippen LogP) is 5.04. The number of rotatable bonds is 6. The molecule has 31 heavy (non-hydrogen) atoms. The maximum atomic E-state index is 13.2. The van der Waals surface area contributed by atoms with Crippen molar-refractivity contribution in [2.24, 2.45) is 0 Å². The van der Waals surface area contributed by atoms with Gasteiger partial charge in [-0.15, -0.1) is 0 Å². The van der Waals surface area contributed by atoms with E-state index in [0.29, 0.717) is 17.6 Å². The Morgan fingerprint density at radius 3 is 2.58 bits per heavy atom. The molecule has 0 fully saturated rings. The first-order valence-corrected chi connectivity index (χ1v) is 11.2. The number of allylic oxidation sites excluding steroid dienone is 3. The van der Waals surface area contributed by atoms with E-state index in [1.807, 2.05) is 61.5 Å². The highest BCUT2D eigenvalue weighted by atomic mass is 79.9. The van der Waals surface area contributed by atoms with Crippen LogP contribution in [0.3, 0.4) is 0 Å². The molecular formula is C25H24BrNO4. The SMILES string of the molecule is CC1=C(C(=O)OCCOc2ccccc2)[C@H](c2ccccc2Br)C2=C(CCCC2=O)N1. The zero-order valence-corrected chi connectivity index (χ0v) is 18.9. The van der Waals surface area contributed by atoms with Crippen LogP contribution in [0.2, 0.25) is 0 Å². The highest BCUT2D eigenvalue weighted by molar-refractivity contribution is 9.10. The molecule has 0 spiro atoms. The molecule has 0 saturated heterocycles. The van der Waals surface area contributed by atoms with Crippen LogP contribution >= 0.6 is 15.9 Å². The molecule has 160 valence electrons. The van der Waals surface area contributed by atoms with Crippen LogP contribution in [0.15, 0.2) is 81.6 Å². The summed E-state index contributed by atoms with van der Waals surface area (Å²) >= 11 is 3.61. The molecule has 0 amide bonds. The van der Waals surface area contributed by atoms with Gasteiger partial charge in [0.1, 0.15) is 19.0 Å². The predicted molar refractivity (Wildman–Crippen MR) is 121 cm³/mol. The van der Waals surface area contributed by atoms with E-state index in [2.05, 4.69) is 21.2 Å². The highest BCUT2D eigenvalue weighted by Crippen LogP contribution is 2.44. The minimum atomic E-state index is -0.456. The van der Waals surface area contributed by atoms with Crippen LogP contribution in [-0.2, 0) is 14.3 Å². The molecule has 1 aliphatic carbocycles. The van der Waals surface area contributed by atoms with E-state index in [-0.39, 0.29) is 19.0 Å². The van der Waals surface area contributed by atoms with E-state index in [0.717, 1.165) is 40.0 Å². The van der Waals surface area contributed by atoms with E-state index in [9.17, 15) is 9.59 Å². The van der Waals surface area contributed by atoms with Gasteiger partial charge in [0.2, 0.25) is 0 Å². The van der Waals surface area contributed by atoms with Crippen molar-refractivity contribution < 1.29 is 19.1 Å². The molecule has 0 aromatic heterocycles. The number of para-hydroxylation sites is 1. The zero-order chi connectivity index (χ0) is 21.8. The van der Waals surface area contributed by atoms with Crippen molar-refractivity contribution in [1.82, 2.24) is 5.32 Å². The van der Waals surface area contributed by atoms with E-state index < -0.39 is 11.9 Å². The molecule has 6 heteroatoms. The van der Waals surface area contributed by atoms with Crippen LogP contribution in [0, 0.1) is 0 Å². The summed E-state index contributed by atoms with van der Waals surface area (Å²) in [6.07, 6.45) is 2.11. The Balaban J connectivity index is 1.57. The first-order valence-electron chi connectivity index (χ1n) is 10.4. The van der Waals surface area contributed by atoms with Gasteiger partial charge in [0.05, 0.1) is 5.57 Å². The summed E-state index contributed by atoms with van der Waals surface area (Å²) in [5, 5.41) is 3.31. The number of nitrogens with one attached hydrogen (secondary N) is 1. The molecule has 4 rings (SSSR count). The average molecular weight is 482 g/mol. The van der Waals surface area contributed by atoms with Crippen LogP contribution in [0.4, 0.5) is 0 Å². The Morgan fingerprint density at radius 2 is 1.81 bits per heavy atom. The van der Waals surface area contributed by atoms with Gasteiger partial charge in [0.25, 0.3) is 0 Å². The molecule has 1 heterocycles. The Kier molecular flexibility index (Phi) is 6.56. The summed E-state index contributed by atoms with van der Waals surface area (Å²) in [5.74, 6) is -0.0869. The quantitative estimate of drug-likeness (QED) is 0.462. The molecule has 2 aromatic rings. The number of dihydropyridines is 1. The molecule has 0 bridgehead atoms. The van der Waals surface area contributed by atoms with Gasteiger partial charge in [-0.25, -0.2) is 4.79 Å². The smallest absolute Gasteiger partial charge is 0.336 e. The number of esters is 1. The molecule has 1 atom stereocenters. The largest absolute Gasteiger partial charge is 0.490 e. The second-order valence-electron chi connectivity index (χ2n) is 7.58. The Bertz CT molecular complexity index is 1060. The van der Waals surface area contributed by atoms with Crippen LogP contribution in [0.25, 0.3) is 0 Å². The lowest BCUT2D eigenvalue weighted by Crippen LogP contribution is -2.34. The number of hydrogen-bond donors (Lipinski definition) is 1. The number of hydrogen-bond acceptors (Lipinski definition) is 5. The van der Waals surface area contributed by atoms with Gasteiger partial charge in [-0.2, -0.15) is 0 Å². The summed E-state index contributed by atoms with van der Waals surface area (Å²) in [6.45, 7) is 2.24. The number of carbonyl (C=O) groups excluding carboxylic acids is 2. The number of halogens is 1. The van der Waals surface area contributed by atoms with Gasteiger partial charge in [-0.1, -0.05) is 52.3 Å². The van der Waals surface area contributed by atoms with Crippen LogP contribution in [-0.4, -0.2) is 25.0 Å². The van der Waals surface area contributed by atoms with Crippen molar-refractivity contribution in [3.05, 3.63) is 87.2 Å². The number of benzene rings is 2. The zero-order valence-electron chi connectivity index (χ0n) is 17.3. The Morgan fingerprint density at radius 1 is 1.06 bits per heavy atom. The Hall–Kier alpha value is -2.86. The third kappa shape index (κ3) is 4.59. The summed E-state index contributed by atoms with van der Waals surface area (Å²) in [7, 11) is 0. The third-order valence-corrected chi connectivity index (χ3v) is 6.26. The fourth-order valence-corrected chi connectivity index (χ4v) is 4.68. The minimum Gasteiger partial charge on any atom is -0.490 e. The second-order valence-corrected chi connectivity index (χ2v) is 8.44. The topological polar surface area (TPSA) is 64.6 Å². The van der Waals surface area contributed by atoms with Gasteiger partial charge in [-0.05, 0) is 43.5 Å². The lowest BCUT2D eigenvalue weighted by atomic mass is 9.75. The van der Waals surface area contributed by atoms with E-state index in [4.69, 9.17) is 9.47 Å². The molecule has 2 aliphatic rings. The van der Waals surface area contributed by atoms with Crippen molar-refractivity contribution >= 4 is 27.7 Å². The normalized spacial score (nSPS) is 18.4. The molecule has 0 radical (unpaired) electrons. The van der Waals surface area contributed by atoms with E-state index in [1.54, 1.807) is 0 Å². The van der Waals surface area contributed by atoms with Crippen LogP contribution in [0.1, 0.15) is 37.7 Å². The first kappa shape index (κ1) is 21.4. The van der Waals surface area contributed by atoms with Crippen LogP contribution in [0.5, 0.6) is 5.75 Å². The molecule has 5 nitrogen and oxygen atoms in total. The Labute approximate surface area is 190 Å². The maximum Gasteiger partial charge on any atom is 0.336 e. The number of carbonyl (C=O) groups is 2. The second kappa shape index (κ2) is 9.52. The fourth-order valence-electron chi connectivity index (χ4n) is 4.16. The van der Waals surface area contributed by atoms with Gasteiger partial charge < -0.3 is 14.8 Å². The minimum absolute atomic E-state index is 0.0831. The summed E-state index contributed by atoms with van der Waals surface area (Å²) in [6, 6.07) is 17.1. The third-order valence-electron chi connectivity index (χ3n) is 5.54. The molecule has 2 aromatic carbocycles. The molecule has 0 saturated carbocycles. The standard InChI is InChI=1S/C25H24BrNO4/c1-16-22(25(29)31-15-14-30-17-8-3-2-4-9-17)23(18-10-5-6-11-19(18)26)24-20(27-16)12-7-13-21(24)28/h2-6,8-11,23,27H,7,12-15H2,1H3/t23-/m0/s1. The average Bonchev–Trinajstić information content (AvgIpc) is 2.77. The van der Waals surface area contributed by atoms with Gasteiger partial charge in [-0.3, -0.25) is 4.79 Å². The molecule has 1 N–H and O–H groups in total. The van der Waals surface area contributed by atoms with E-state index in [1.165, 1.54) is 0 Å². The number of ether oxygens (including phenoxy) is 2. The lowest BCUT2D eigenvalue weighted by molar-refractivity contribution is -0.140. The highest BCUT2D eigenvalue weighted by Gasteiger charge is 2.39. The molecule has 1 aliphatic heterocycles. The number of Topliss-reactive ketones (excluding diaryl/α,β-unsaturated/α-hetero) is 1. The van der Waals surface area contributed by atoms with Crippen molar-refractivity contribution in [2.45, 2.75) is 32.1 Å². The van der Waals surface area contributed by atoms with Gasteiger partial charge >= 0.3 is 5.97 Å². The van der Waals surface area contributed by atoms with Crippen molar-refractivity contribution in [2.75, 3.05) is 13.2 Å². The first-order chi connectivity index (χ1) is 15.1. The van der Waals surface area contributed by atoms with Gasteiger partial charge in [0.15, 0.2) is 5.78 Å². The summed E-state index contributed by atoms with van der Waals surface area (Å²) in [5.41, 5.74) is 3.68. The van der Waals surface area contributed by atoms with Crippen LogP contribution < -0.4 is 10.1 Å². The fraction of sp³-hybridized carbons (Fsp3) is 0.280. The number of ketones is 1. The molecule has 0 unspecified atom stereocenters. The summed E-state index contributed by atoms with van der Waals surface area (Å²) in [4.78, 5) is 26.1. The monoisotopic (exact) mass is 481 g/mol. The summed E-state index contributed by atoms with van der Waals surface area (Å²) < 4.78 is 12.1.